The molecule has 0 spiro atoms. The highest BCUT2D eigenvalue weighted by Crippen LogP contribution is 2.57. The van der Waals surface area contributed by atoms with Crippen LogP contribution in [0.5, 0.6) is 0 Å². The average molecular weight is 404 g/mol. The third kappa shape index (κ3) is 3.49. The van der Waals surface area contributed by atoms with Gasteiger partial charge >= 0.3 is 0 Å². The Labute approximate surface area is 180 Å². The van der Waals surface area contributed by atoms with E-state index in [1.165, 1.54) is 11.1 Å². The first-order valence-corrected chi connectivity index (χ1v) is 11.3. The standard InChI is InChI=1S/C27H33NO2/c1-18(2)20-11-12-22-21(15-20)23(29)16-24-26(3,13-8-14-27(22,24)4)17-28-25(30)19-9-6-5-7-10-19/h5-7,9-12,15,18,24H,8,13-14,16-17H2,1-4H3,(H,28,30)/t24-,26+,27+/m0/s1. The number of carbonyl (C=O) groups is 2. The van der Waals surface area contributed by atoms with Crippen molar-refractivity contribution in [2.24, 2.45) is 11.3 Å². The zero-order valence-corrected chi connectivity index (χ0v) is 18.6. The molecule has 1 saturated carbocycles. The molecule has 3 nitrogen and oxygen atoms in total. The lowest BCUT2D eigenvalue weighted by Gasteiger charge is -2.55. The molecule has 0 bridgehead atoms. The van der Waals surface area contributed by atoms with Gasteiger partial charge in [-0.15, -0.1) is 0 Å². The van der Waals surface area contributed by atoms with E-state index in [1.54, 1.807) is 0 Å². The van der Waals surface area contributed by atoms with Crippen molar-refractivity contribution in [2.45, 2.75) is 64.7 Å². The van der Waals surface area contributed by atoms with Crippen LogP contribution < -0.4 is 5.32 Å². The van der Waals surface area contributed by atoms with Crippen LogP contribution in [0.4, 0.5) is 0 Å². The molecule has 4 rings (SSSR count). The Morgan fingerprint density at radius 2 is 1.83 bits per heavy atom. The molecule has 0 saturated heterocycles. The van der Waals surface area contributed by atoms with Crippen molar-refractivity contribution in [2.75, 3.05) is 6.54 Å². The molecule has 0 aliphatic heterocycles. The zero-order valence-electron chi connectivity index (χ0n) is 18.6. The monoisotopic (exact) mass is 403 g/mol. The maximum Gasteiger partial charge on any atom is 0.251 e. The van der Waals surface area contributed by atoms with Gasteiger partial charge in [0.15, 0.2) is 5.78 Å². The summed E-state index contributed by atoms with van der Waals surface area (Å²) in [6, 6.07) is 15.9. The summed E-state index contributed by atoms with van der Waals surface area (Å²) in [6.45, 7) is 9.56. The number of nitrogens with one attached hydrogen (secondary N) is 1. The summed E-state index contributed by atoms with van der Waals surface area (Å²) in [6.07, 6.45) is 3.82. The Morgan fingerprint density at radius 1 is 1.10 bits per heavy atom. The number of benzene rings is 2. The smallest absolute Gasteiger partial charge is 0.251 e. The summed E-state index contributed by atoms with van der Waals surface area (Å²) >= 11 is 0. The second kappa shape index (κ2) is 7.68. The first-order valence-electron chi connectivity index (χ1n) is 11.3. The summed E-state index contributed by atoms with van der Waals surface area (Å²) in [5.74, 6) is 0.879. The molecule has 0 unspecified atom stereocenters. The number of fused-ring (bicyclic) bond motifs is 3. The van der Waals surface area contributed by atoms with E-state index in [1.807, 2.05) is 30.3 Å². The van der Waals surface area contributed by atoms with Crippen LogP contribution in [0.15, 0.2) is 48.5 Å². The van der Waals surface area contributed by atoms with Crippen LogP contribution in [0.25, 0.3) is 0 Å². The second-order valence-electron chi connectivity index (χ2n) is 10.1. The van der Waals surface area contributed by atoms with E-state index < -0.39 is 0 Å². The second-order valence-corrected chi connectivity index (χ2v) is 10.1. The SMILES string of the molecule is CC(C)c1ccc2c(c1)C(=O)C[C@H]1[C@@](C)(CNC(=O)c3ccccc3)CCC[C@]21C. The molecule has 2 aromatic carbocycles. The summed E-state index contributed by atoms with van der Waals surface area (Å²) in [7, 11) is 0. The molecule has 3 heteroatoms. The minimum absolute atomic E-state index is 0.0246. The van der Waals surface area contributed by atoms with Crippen molar-refractivity contribution >= 4 is 11.7 Å². The van der Waals surface area contributed by atoms with Gasteiger partial charge in [0.1, 0.15) is 0 Å². The molecule has 2 aliphatic carbocycles. The van der Waals surface area contributed by atoms with Crippen molar-refractivity contribution in [1.29, 1.82) is 0 Å². The van der Waals surface area contributed by atoms with Gasteiger partial charge in [0.05, 0.1) is 0 Å². The number of hydrogen-bond acceptors (Lipinski definition) is 2. The molecule has 1 amide bonds. The molecule has 30 heavy (non-hydrogen) atoms. The minimum atomic E-state index is -0.0957. The first kappa shape index (κ1) is 20.8. The van der Waals surface area contributed by atoms with Crippen LogP contribution in [0.3, 0.4) is 0 Å². The molecule has 0 aromatic heterocycles. The third-order valence-electron chi connectivity index (χ3n) is 7.76. The van der Waals surface area contributed by atoms with Crippen LogP contribution in [-0.2, 0) is 5.41 Å². The predicted molar refractivity (Wildman–Crippen MR) is 121 cm³/mol. The third-order valence-corrected chi connectivity index (χ3v) is 7.76. The Balaban J connectivity index is 1.62. The van der Waals surface area contributed by atoms with Gasteiger partial charge in [0, 0.05) is 24.1 Å². The van der Waals surface area contributed by atoms with E-state index in [0.29, 0.717) is 24.4 Å². The van der Waals surface area contributed by atoms with Crippen molar-refractivity contribution in [1.82, 2.24) is 5.32 Å². The Kier molecular flexibility index (Phi) is 5.34. The van der Waals surface area contributed by atoms with E-state index >= 15 is 0 Å². The van der Waals surface area contributed by atoms with E-state index in [9.17, 15) is 9.59 Å². The van der Waals surface area contributed by atoms with Gasteiger partial charge in [0.2, 0.25) is 0 Å². The van der Waals surface area contributed by atoms with Crippen molar-refractivity contribution in [3.63, 3.8) is 0 Å². The molecule has 158 valence electrons. The maximum atomic E-state index is 13.2. The van der Waals surface area contributed by atoms with Gasteiger partial charge in [0.25, 0.3) is 5.91 Å². The predicted octanol–water partition coefficient (Wildman–Crippen LogP) is 5.89. The Morgan fingerprint density at radius 3 is 2.53 bits per heavy atom. The van der Waals surface area contributed by atoms with E-state index in [2.05, 4.69) is 51.2 Å². The van der Waals surface area contributed by atoms with Crippen LogP contribution in [0.1, 0.15) is 91.1 Å². The highest BCUT2D eigenvalue weighted by Gasteiger charge is 2.53. The highest BCUT2D eigenvalue weighted by molar-refractivity contribution is 6.00. The Bertz CT molecular complexity index is 964. The number of ketones is 1. The lowest BCUT2D eigenvalue weighted by atomic mass is 9.49. The minimum Gasteiger partial charge on any atom is -0.351 e. The van der Waals surface area contributed by atoms with Gasteiger partial charge < -0.3 is 5.32 Å². The zero-order chi connectivity index (χ0) is 21.5. The number of amides is 1. The molecular formula is C27H33NO2. The highest BCUT2D eigenvalue weighted by atomic mass is 16.1. The molecule has 1 N–H and O–H groups in total. The quantitative estimate of drug-likeness (QED) is 0.692. The number of hydrogen-bond donors (Lipinski definition) is 1. The van der Waals surface area contributed by atoms with Crippen LogP contribution >= 0.6 is 0 Å². The van der Waals surface area contributed by atoms with Crippen LogP contribution in [-0.4, -0.2) is 18.2 Å². The molecular weight excluding hydrogens is 370 g/mol. The van der Waals surface area contributed by atoms with E-state index in [0.717, 1.165) is 24.8 Å². The molecule has 0 heterocycles. The van der Waals surface area contributed by atoms with Crippen molar-refractivity contribution < 1.29 is 9.59 Å². The van der Waals surface area contributed by atoms with E-state index in [4.69, 9.17) is 0 Å². The Hall–Kier alpha value is -2.42. The number of carbonyl (C=O) groups excluding carboxylic acids is 2. The fraction of sp³-hybridized carbons (Fsp3) is 0.481. The summed E-state index contributed by atoms with van der Waals surface area (Å²) in [5, 5.41) is 3.17. The topological polar surface area (TPSA) is 46.2 Å². The van der Waals surface area contributed by atoms with Gasteiger partial charge in [-0.2, -0.15) is 0 Å². The number of rotatable bonds is 4. The van der Waals surface area contributed by atoms with E-state index in [-0.39, 0.29) is 28.4 Å². The fourth-order valence-electron chi connectivity index (χ4n) is 5.90. The van der Waals surface area contributed by atoms with Gasteiger partial charge in [-0.05, 0) is 64.8 Å². The van der Waals surface area contributed by atoms with Crippen LogP contribution in [0, 0.1) is 11.3 Å². The lowest BCUT2D eigenvalue weighted by Crippen LogP contribution is -2.54. The van der Waals surface area contributed by atoms with Crippen molar-refractivity contribution in [3.05, 3.63) is 70.8 Å². The molecule has 1 fully saturated rings. The van der Waals surface area contributed by atoms with Crippen molar-refractivity contribution in [3.8, 4) is 0 Å². The van der Waals surface area contributed by atoms with Crippen LogP contribution in [0.2, 0.25) is 0 Å². The molecule has 3 atom stereocenters. The average Bonchev–Trinajstić information content (AvgIpc) is 2.74. The number of Topliss-reactive ketones (excluding diaryl/α,β-unsaturated/α-hetero) is 1. The summed E-state index contributed by atoms with van der Waals surface area (Å²) < 4.78 is 0. The molecule has 0 radical (unpaired) electrons. The molecule has 2 aliphatic rings. The normalized spacial score (nSPS) is 28.0. The maximum absolute atomic E-state index is 13.2. The lowest BCUT2D eigenvalue weighted by molar-refractivity contribution is 0.0250. The summed E-state index contributed by atoms with van der Waals surface area (Å²) in [4.78, 5) is 25.9. The van der Waals surface area contributed by atoms with Gasteiger partial charge in [-0.3, -0.25) is 9.59 Å². The largest absolute Gasteiger partial charge is 0.351 e. The van der Waals surface area contributed by atoms with Gasteiger partial charge in [-0.1, -0.05) is 64.4 Å². The fourth-order valence-corrected chi connectivity index (χ4v) is 5.90. The van der Waals surface area contributed by atoms with Gasteiger partial charge in [-0.25, -0.2) is 0 Å². The molecule has 2 aromatic rings. The first-order chi connectivity index (χ1) is 14.2. The summed E-state index contributed by atoms with van der Waals surface area (Å²) in [5.41, 5.74) is 3.94.